The summed E-state index contributed by atoms with van der Waals surface area (Å²) in [7, 11) is 0. The molecular formula is C10H10N6O3. The molecule has 98 valence electrons. The van der Waals surface area contributed by atoms with Crippen molar-refractivity contribution < 1.29 is 4.74 Å². The van der Waals surface area contributed by atoms with Crippen molar-refractivity contribution in [2.24, 2.45) is 5.11 Å². The maximum atomic E-state index is 11.6. The van der Waals surface area contributed by atoms with Crippen LogP contribution >= 0.6 is 0 Å². The average molecular weight is 262 g/mol. The summed E-state index contributed by atoms with van der Waals surface area (Å²) >= 11 is 0. The van der Waals surface area contributed by atoms with Crippen molar-refractivity contribution in [2.45, 2.75) is 24.8 Å². The number of nitrogens with zero attached hydrogens (tertiary/aromatic N) is 5. The van der Waals surface area contributed by atoms with Crippen LogP contribution in [0.1, 0.15) is 12.6 Å². The Morgan fingerprint density at radius 2 is 2.42 bits per heavy atom. The molecule has 0 aliphatic carbocycles. The Labute approximate surface area is 106 Å². The quantitative estimate of drug-likeness (QED) is 0.368. The fourth-order valence-corrected chi connectivity index (χ4v) is 1.98. The Morgan fingerprint density at radius 3 is 3.05 bits per heavy atom. The van der Waals surface area contributed by atoms with Crippen molar-refractivity contribution in [1.29, 1.82) is 0 Å². The van der Waals surface area contributed by atoms with Crippen LogP contribution in [0.4, 0.5) is 0 Å². The van der Waals surface area contributed by atoms with Crippen molar-refractivity contribution >= 4 is 0 Å². The summed E-state index contributed by atoms with van der Waals surface area (Å²) in [6.45, 7) is 6.88. The van der Waals surface area contributed by atoms with Gasteiger partial charge in [-0.15, -0.1) is 0 Å². The highest BCUT2D eigenvalue weighted by atomic mass is 16.5. The molecule has 1 aromatic heterocycles. The molecule has 1 fully saturated rings. The molecule has 9 heteroatoms. The van der Waals surface area contributed by atoms with Crippen LogP contribution in [0.15, 0.2) is 27.0 Å². The highest BCUT2D eigenvalue weighted by Gasteiger charge is 2.37. The summed E-state index contributed by atoms with van der Waals surface area (Å²) < 4.78 is 6.75. The van der Waals surface area contributed by atoms with E-state index in [9.17, 15) is 9.59 Å². The van der Waals surface area contributed by atoms with Gasteiger partial charge in [0.15, 0.2) is 0 Å². The van der Waals surface area contributed by atoms with E-state index in [4.69, 9.17) is 16.8 Å². The second-order valence-electron chi connectivity index (χ2n) is 4.00. The third-order valence-electron chi connectivity index (χ3n) is 2.84. The summed E-state index contributed by atoms with van der Waals surface area (Å²) in [5.74, 6) is 0. The Bertz CT molecular complexity index is 665. The van der Waals surface area contributed by atoms with E-state index in [0.717, 1.165) is 0 Å². The number of H-pyrrole nitrogens is 1. The lowest BCUT2D eigenvalue weighted by Gasteiger charge is -2.12. The molecule has 0 amide bonds. The predicted octanol–water partition coefficient (Wildman–Crippen LogP) is 0.422. The second kappa shape index (κ2) is 5.39. The zero-order chi connectivity index (χ0) is 13.8. The van der Waals surface area contributed by atoms with Gasteiger partial charge in [0.25, 0.3) is 5.56 Å². The van der Waals surface area contributed by atoms with Crippen molar-refractivity contribution in [2.75, 3.05) is 6.54 Å². The zero-order valence-electron chi connectivity index (χ0n) is 9.76. The molecular weight excluding hydrogens is 252 g/mol. The molecule has 1 saturated heterocycles. The van der Waals surface area contributed by atoms with Crippen LogP contribution in [-0.4, -0.2) is 28.2 Å². The van der Waals surface area contributed by atoms with Crippen LogP contribution in [0, 0.1) is 6.57 Å². The van der Waals surface area contributed by atoms with Gasteiger partial charge >= 0.3 is 5.69 Å². The molecule has 3 atom stereocenters. The minimum atomic E-state index is -0.647. The fraction of sp³-hybridized carbons (Fsp3) is 0.500. The minimum absolute atomic E-state index is 0.0539. The molecule has 2 heterocycles. The smallest absolute Gasteiger partial charge is 0.330 e. The number of hydrogen-bond acceptors (Lipinski definition) is 4. The summed E-state index contributed by atoms with van der Waals surface area (Å²) in [6.07, 6.45) is 0.416. The highest BCUT2D eigenvalue weighted by Crippen LogP contribution is 2.30. The monoisotopic (exact) mass is 262 g/mol. The van der Waals surface area contributed by atoms with Crippen LogP contribution in [-0.2, 0) is 4.74 Å². The number of hydrogen-bond donors (Lipinski definition) is 1. The number of aromatic nitrogens is 2. The fourth-order valence-electron chi connectivity index (χ4n) is 1.98. The van der Waals surface area contributed by atoms with Gasteiger partial charge in [0.1, 0.15) is 12.3 Å². The van der Waals surface area contributed by atoms with Crippen molar-refractivity contribution in [3.8, 4) is 0 Å². The van der Waals surface area contributed by atoms with Crippen LogP contribution in [0.5, 0.6) is 0 Å². The first-order valence-electron chi connectivity index (χ1n) is 5.50. The molecule has 1 aliphatic heterocycles. The number of ether oxygens (including phenoxy) is 1. The lowest BCUT2D eigenvalue weighted by atomic mass is 10.1. The van der Waals surface area contributed by atoms with Crippen LogP contribution in [0.3, 0.4) is 0 Å². The Morgan fingerprint density at radius 1 is 1.63 bits per heavy atom. The Balaban J connectivity index is 2.28. The molecule has 1 aliphatic rings. The van der Waals surface area contributed by atoms with Crippen molar-refractivity contribution in [1.82, 2.24) is 9.55 Å². The molecule has 9 nitrogen and oxygen atoms in total. The highest BCUT2D eigenvalue weighted by molar-refractivity contribution is 4.93. The second-order valence-corrected chi connectivity index (χ2v) is 4.00. The lowest BCUT2D eigenvalue weighted by Crippen LogP contribution is -2.31. The van der Waals surface area contributed by atoms with E-state index < -0.39 is 29.6 Å². The van der Waals surface area contributed by atoms with E-state index in [1.807, 2.05) is 0 Å². The molecule has 1 unspecified atom stereocenters. The van der Waals surface area contributed by atoms with Gasteiger partial charge in [0, 0.05) is 23.6 Å². The third-order valence-corrected chi connectivity index (χ3v) is 2.84. The van der Waals surface area contributed by atoms with Gasteiger partial charge in [-0.05, 0) is 5.53 Å². The van der Waals surface area contributed by atoms with Crippen LogP contribution in [0.2, 0.25) is 0 Å². The van der Waals surface area contributed by atoms with Gasteiger partial charge in [-0.1, -0.05) is 5.11 Å². The SMILES string of the molecule is [C-]#[N+]C[C@H]1OC(n2ccc(=O)[nH]c2=O)C[C@H]1N=[N+]=[N-]. The maximum Gasteiger partial charge on any atom is 0.330 e. The molecule has 1 aromatic rings. The summed E-state index contributed by atoms with van der Waals surface area (Å²) in [6, 6.07) is 0.707. The predicted molar refractivity (Wildman–Crippen MR) is 64.3 cm³/mol. The molecule has 0 saturated carbocycles. The maximum absolute atomic E-state index is 11.6. The van der Waals surface area contributed by atoms with Gasteiger partial charge in [-0.2, -0.15) is 0 Å². The first kappa shape index (κ1) is 12.9. The normalized spacial score (nSPS) is 25.5. The van der Waals surface area contributed by atoms with Gasteiger partial charge < -0.3 is 9.58 Å². The lowest BCUT2D eigenvalue weighted by molar-refractivity contribution is 0.00487. The molecule has 0 bridgehead atoms. The van der Waals surface area contributed by atoms with Gasteiger partial charge in [0.05, 0.1) is 6.04 Å². The number of azide groups is 1. The van der Waals surface area contributed by atoms with E-state index in [0.29, 0.717) is 0 Å². The van der Waals surface area contributed by atoms with Gasteiger partial charge in [0.2, 0.25) is 6.54 Å². The van der Waals surface area contributed by atoms with Crippen molar-refractivity contribution in [3.05, 3.63) is 55.0 Å². The first-order chi connectivity index (χ1) is 9.15. The standard InChI is InChI=1S/C10H10N6O3/c1-12-5-7-6(14-15-11)4-9(19-7)16-3-2-8(17)13-10(16)18/h2-3,6-7,9H,4-5H2,(H,13,17,18)/t6-,7-,9?/m1/s1. The molecule has 19 heavy (non-hydrogen) atoms. The molecule has 0 radical (unpaired) electrons. The summed E-state index contributed by atoms with van der Waals surface area (Å²) in [5, 5.41) is 3.57. The van der Waals surface area contributed by atoms with Gasteiger partial charge in [-0.25, -0.2) is 11.4 Å². The summed E-state index contributed by atoms with van der Waals surface area (Å²) in [4.78, 5) is 30.6. The van der Waals surface area contributed by atoms with E-state index >= 15 is 0 Å². The van der Waals surface area contributed by atoms with Crippen LogP contribution < -0.4 is 11.2 Å². The minimum Gasteiger partial charge on any atom is -0.346 e. The number of nitrogens with one attached hydrogen (secondary N) is 1. The molecule has 0 spiro atoms. The molecule has 1 N–H and O–H groups in total. The Hall–Kier alpha value is -2.56. The van der Waals surface area contributed by atoms with Gasteiger partial charge in [-0.3, -0.25) is 14.3 Å². The van der Waals surface area contributed by atoms with E-state index in [2.05, 4.69) is 19.9 Å². The van der Waals surface area contributed by atoms with Crippen molar-refractivity contribution in [3.63, 3.8) is 0 Å². The van der Waals surface area contributed by atoms with Crippen LogP contribution in [0.25, 0.3) is 15.3 Å². The topological polar surface area (TPSA) is 117 Å². The Kier molecular flexibility index (Phi) is 3.66. The number of rotatable bonds is 3. The zero-order valence-corrected chi connectivity index (χ0v) is 9.76. The van der Waals surface area contributed by atoms with E-state index in [1.165, 1.54) is 16.8 Å². The number of aromatic amines is 1. The average Bonchev–Trinajstić information content (AvgIpc) is 2.73. The first-order valence-corrected chi connectivity index (χ1v) is 5.50. The van der Waals surface area contributed by atoms with E-state index in [-0.39, 0.29) is 13.0 Å². The molecule has 2 rings (SSSR count). The molecule has 0 aromatic carbocycles. The van der Waals surface area contributed by atoms with E-state index in [1.54, 1.807) is 0 Å². The summed E-state index contributed by atoms with van der Waals surface area (Å²) in [5.41, 5.74) is 7.38. The largest absolute Gasteiger partial charge is 0.346 e. The third kappa shape index (κ3) is 2.65.